The number of nitriles is 1. The molecule has 1 unspecified atom stereocenters. The van der Waals surface area contributed by atoms with Crippen LogP contribution in [0.5, 0.6) is 0 Å². The topological polar surface area (TPSA) is 35.8 Å². The third-order valence-corrected chi connectivity index (χ3v) is 2.95. The SMILES string of the molecule is Cc1ccc(NC(CC#N)c2ccccc2)c(F)c1. The van der Waals surface area contributed by atoms with Crippen LogP contribution in [0.2, 0.25) is 0 Å². The number of benzene rings is 2. The van der Waals surface area contributed by atoms with Crippen LogP contribution in [0, 0.1) is 24.1 Å². The molecule has 1 N–H and O–H groups in total. The molecule has 96 valence electrons. The van der Waals surface area contributed by atoms with Gasteiger partial charge in [-0.3, -0.25) is 0 Å². The van der Waals surface area contributed by atoms with Crippen LogP contribution >= 0.6 is 0 Å². The summed E-state index contributed by atoms with van der Waals surface area (Å²) in [5.74, 6) is -0.293. The Kier molecular flexibility index (Phi) is 4.15. The number of aryl methyl sites for hydroxylation is 1. The lowest BCUT2D eigenvalue weighted by molar-refractivity contribution is 0.625. The smallest absolute Gasteiger partial charge is 0.146 e. The Balaban J connectivity index is 2.24. The van der Waals surface area contributed by atoms with E-state index in [1.54, 1.807) is 6.07 Å². The van der Waals surface area contributed by atoms with E-state index < -0.39 is 0 Å². The third-order valence-electron chi connectivity index (χ3n) is 2.95. The zero-order chi connectivity index (χ0) is 13.7. The fourth-order valence-corrected chi connectivity index (χ4v) is 1.95. The predicted molar refractivity (Wildman–Crippen MR) is 74.2 cm³/mol. The van der Waals surface area contributed by atoms with Crippen molar-refractivity contribution in [3.63, 3.8) is 0 Å². The lowest BCUT2D eigenvalue weighted by Crippen LogP contribution is -2.11. The highest BCUT2D eigenvalue weighted by molar-refractivity contribution is 5.48. The monoisotopic (exact) mass is 254 g/mol. The second-order valence-electron chi connectivity index (χ2n) is 4.45. The molecule has 2 aromatic rings. The highest BCUT2D eigenvalue weighted by Gasteiger charge is 2.12. The Hall–Kier alpha value is -2.34. The van der Waals surface area contributed by atoms with Crippen molar-refractivity contribution in [2.24, 2.45) is 0 Å². The summed E-state index contributed by atoms with van der Waals surface area (Å²) in [6.07, 6.45) is 0.289. The summed E-state index contributed by atoms with van der Waals surface area (Å²) in [6.45, 7) is 1.84. The maximum absolute atomic E-state index is 13.8. The number of nitrogens with one attached hydrogen (secondary N) is 1. The van der Waals surface area contributed by atoms with E-state index >= 15 is 0 Å². The van der Waals surface area contributed by atoms with Gasteiger partial charge >= 0.3 is 0 Å². The molecule has 1 atom stereocenters. The Morgan fingerprint density at radius 1 is 1.21 bits per heavy atom. The van der Waals surface area contributed by atoms with Crippen molar-refractivity contribution < 1.29 is 4.39 Å². The van der Waals surface area contributed by atoms with Gasteiger partial charge in [0.25, 0.3) is 0 Å². The van der Waals surface area contributed by atoms with Crippen molar-refractivity contribution in [3.05, 3.63) is 65.5 Å². The molecule has 0 aliphatic carbocycles. The molecule has 0 aromatic heterocycles. The minimum absolute atomic E-state index is 0.205. The molecule has 0 heterocycles. The molecule has 0 radical (unpaired) electrons. The van der Waals surface area contributed by atoms with Gasteiger partial charge in [0, 0.05) is 0 Å². The van der Waals surface area contributed by atoms with Crippen LogP contribution in [0.3, 0.4) is 0 Å². The number of anilines is 1. The normalized spacial score (nSPS) is 11.6. The quantitative estimate of drug-likeness (QED) is 0.887. The maximum Gasteiger partial charge on any atom is 0.146 e. The van der Waals surface area contributed by atoms with E-state index in [9.17, 15) is 4.39 Å². The number of hydrogen-bond acceptors (Lipinski definition) is 2. The first-order valence-corrected chi connectivity index (χ1v) is 6.15. The zero-order valence-electron chi connectivity index (χ0n) is 10.7. The molecule has 0 saturated carbocycles. The largest absolute Gasteiger partial charge is 0.375 e. The molecule has 0 saturated heterocycles. The first-order valence-electron chi connectivity index (χ1n) is 6.15. The van der Waals surface area contributed by atoms with Crippen LogP contribution in [0.15, 0.2) is 48.5 Å². The molecule has 19 heavy (non-hydrogen) atoms. The second kappa shape index (κ2) is 6.01. The number of nitrogens with zero attached hydrogens (tertiary/aromatic N) is 1. The molecule has 3 heteroatoms. The number of halogens is 1. The van der Waals surface area contributed by atoms with Crippen LogP contribution in [0.25, 0.3) is 0 Å². The van der Waals surface area contributed by atoms with Crippen molar-refractivity contribution in [3.8, 4) is 6.07 Å². The van der Waals surface area contributed by atoms with Gasteiger partial charge < -0.3 is 5.32 Å². The fourth-order valence-electron chi connectivity index (χ4n) is 1.95. The van der Waals surface area contributed by atoms with Gasteiger partial charge in [0.05, 0.1) is 24.2 Å². The van der Waals surface area contributed by atoms with Gasteiger partial charge in [0.1, 0.15) is 5.82 Å². The van der Waals surface area contributed by atoms with Crippen molar-refractivity contribution in [1.82, 2.24) is 0 Å². The summed E-state index contributed by atoms with van der Waals surface area (Å²) in [4.78, 5) is 0. The zero-order valence-corrected chi connectivity index (χ0v) is 10.7. The highest BCUT2D eigenvalue weighted by atomic mass is 19.1. The van der Waals surface area contributed by atoms with Crippen molar-refractivity contribution >= 4 is 5.69 Å². The molecule has 2 nitrogen and oxygen atoms in total. The molecule has 0 amide bonds. The van der Waals surface area contributed by atoms with E-state index in [2.05, 4.69) is 11.4 Å². The van der Waals surface area contributed by atoms with Crippen LogP contribution < -0.4 is 5.32 Å². The molecule has 2 aromatic carbocycles. The summed E-state index contributed by atoms with van der Waals surface area (Å²) in [5, 5.41) is 12.0. The lowest BCUT2D eigenvalue weighted by atomic mass is 10.0. The Labute approximate surface area is 112 Å². The van der Waals surface area contributed by atoms with Gasteiger partial charge in [-0.05, 0) is 30.2 Å². The first kappa shape index (κ1) is 13.1. The average molecular weight is 254 g/mol. The molecule has 0 spiro atoms. The third kappa shape index (κ3) is 3.32. The molecule has 0 bridgehead atoms. The lowest BCUT2D eigenvalue weighted by Gasteiger charge is -2.18. The summed E-state index contributed by atoms with van der Waals surface area (Å²) >= 11 is 0. The van der Waals surface area contributed by atoms with E-state index in [1.165, 1.54) is 6.07 Å². The Bertz CT molecular complexity index is 587. The van der Waals surface area contributed by atoms with Gasteiger partial charge in [0.2, 0.25) is 0 Å². The van der Waals surface area contributed by atoms with E-state index in [1.807, 2.05) is 43.3 Å². The van der Waals surface area contributed by atoms with Gasteiger partial charge in [-0.1, -0.05) is 36.4 Å². The molecule has 2 rings (SSSR count). The van der Waals surface area contributed by atoms with Crippen LogP contribution in [-0.4, -0.2) is 0 Å². The van der Waals surface area contributed by atoms with Crippen molar-refractivity contribution in [2.45, 2.75) is 19.4 Å². The van der Waals surface area contributed by atoms with Crippen LogP contribution in [0.4, 0.5) is 10.1 Å². The predicted octanol–water partition coefficient (Wildman–Crippen LogP) is 4.20. The molecule has 0 aliphatic heterocycles. The summed E-state index contributed by atoms with van der Waals surface area (Å²) in [6, 6.07) is 16.6. The molecule has 0 fully saturated rings. The molecular formula is C16H15FN2. The van der Waals surface area contributed by atoms with Gasteiger partial charge in [-0.15, -0.1) is 0 Å². The first-order chi connectivity index (χ1) is 9.20. The highest BCUT2D eigenvalue weighted by Crippen LogP contribution is 2.24. The standard InChI is InChI=1S/C16H15FN2/c1-12-7-8-16(14(17)11-12)19-15(9-10-18)13-5-3-2-4-6-13/h2-8,11,15,19H,9H2,1H3. The summed E-state index contributed by atoms with van der Waals surface area (Å²) in [5.41, 5.74) is 2.28. The van der Waals surface area contributed by atoms with Crippen molar-refractivity contribution in [2.75, 3.05) is 5.32 Å². The van der Waals surface area contributed by atoms with Gasteiger partial charge in [0.15, 0.2) is 0 Å². The Morgan fingerprint density at radius 3 is 2.58 bits per heavy atom. The van der Waals surface area contributed by atoms with Gasteiger partial charge in [-0.2, -0.15) is 5.26 Å². The molecule has 0 aliphatic rings. The number of rotatable bonds is 4. The van der Waals surface area contributed by atoms with E-state index in [0.717, 1.165) is 11.1 Å². The summed E-state index contributed by atoms with van der Waals surface area (Å²) in [7, 11) is 0. The minimum atomic E-state index is -0.293. The van der Waals surface area contributed by atoms with E-state index in [-0.39, 0.29) is 18.3 Å². The Morgan fingerprint density at radius 2 is 1.95 bits per heavy atom. The van der Waals surface area contributed by atoms with E-state index in [4.69, 9.17) is 5.26 Å². The fraction of sp³-hybridized carbons (Fsp3) is 0.188. The second-order valence-corrected chi connectivity index (χ2v) is 4.45. The van der Waals surface area contributed by atoms with Crippen molar-refractivity contribution in [1.29, 1.82) is 5.26 Å². The van der Waals surface area contributed by atoms with Crippen LogP contribution in [0.1, 0.15) is 23.6 Å². The van der Waals surface area contributed by atoms with Crippen LogP contribution in [-0.2, 0) is 0 Å². The maximum atomic E-state index is 13.8. The average Bonchev–Trinajstić information content (AvgIpc) is 2.42. The number of hydrogen-bond donors (Lipinski definition) is 1. The minimum Gasteiger partial charge on any atom is -0.375 e. The summed E-state index contributed by atoms with van der Waals surface area (Å²) < 4.78 is 13.8. The van der Waals surface area contributed by atoms with E-state index in [0.29, 0.717) is 5.69 Å². The van der Waals surface area contributed by atoms with Gasteiger partial charge in [-0.25, -0.2) is 4.39 Å². The molecular weight excluding hydrogens is 239 g/mol.